The molecule has 0 radical (unpaired) electrons. The molecule has 1 atom stereocenters. The fourth-order valence-electron chi connectivity index (χ4n) is 1.61. The molecule has 0 aliphatic rings. The smallest absolute Gasteiger partial charge is 0.253 e. The van der Waals surface area contributed by atoms with Crippen LogP contribution in [0.25, 0.3) is 0 Å². The van der Waals surface area contributed by atoms with Crippen molar-refractivity contribution in [2.24, 2.45) is 5.73 Å². The predicted molar refractivity (Wildman–Crippen MR) is 82.4 cm³/mol. The van der Waals surface area contributed by atoms with E-state index in [1.165, 1.54) is 29.2 Å². The maximum absolute atomic E-state index is 12.3. The average Bonchev–Trinajstić information content (AvgIpc) is 2.50. The van der Waals surface area contributed by atoms with E-state index in [2.05, 4.69) is 11.3 Å². The molecule has 6 nitrogen and oxygen atoms in total. The van der Waals surface area contributed by atoms with Gasteiger partial charge in [-0.25, -0.2) is 13.1 Å². The molecule has 7 heteroatoms. The van der Waals surface area contributed by atoms with E-state index < -0.39 is 10.0 Å². The Morgan fingerprint density at radius 3 is 2.76 bits per heavy atom. The van der Waals surface area contributed by atoms with E-state index in [-0.39, 0.29) is 23.4 Å². The summed E-state index contributed by atoms with van der Waals surface area (Å²) in [5, 5.41) is 0. The van der Waals surface area contributed by atoms with Crippen LogP contribution in [0.1, 0.15) is 17.3 Å². The summed E-state index contributed by atoms with van der Waals surface area (Å²) in [6.45, 7) is 5.74. The minimum atomic E-state index is -3.65. The Morgan fingerprint density at radius 2 is 2.19 bits per heavy atom. The number of nitrogens with one attached hydrogen (secondary N) is 1. The monoisotopic (exact) mass is 311 g/mol. The number of carbonyl (C=O) groups is 1. The molecule has 0 aliphatic heterocycles. The lowest BCUT2D eigenvalue weighted by molar-refractivity contribution is 0.0748. The molecule has 1 unspecified atom stereocenters. The zero-order chi connectivity index (χ0) is 16.0. The van der Waals surface area contributed by atoms with E-state index in [0.29, 0.717) is 12.1 Å². The van der Waals surface area contributed by atoms with Crippen LogP contribution in [0.15, 0.2) is 41.8 Å². The number of hydrogen-bond acceptors (Lipinski definition) is 4. The van der Waals surface area contributed by atoms with Crippen molar-refractivity contribution in [2.45, 2.75) is 17.9 Å². The highest BCUT2D eigenvalue weighted by atomic mass is 32.2. The SMILES string of the molecule is C=CCNS(=O)(=O)c1cccc(C(=O)N(C)C(C)CN)c1. The molecule has 0 bridgehead atoms. The molecular formula is C14H21N3O3S. The van der Waals surface area contributed by atoms with Crippen LogP contribution in [0.5, 0.6) is 0 Å². The zero-order valence-corrected chi connectivity index (χ0v) is 13.1. The Bertz CT molecular complexity index is 614. The van der Waals surface area contributed by atoms with Gasteiger partial charge in [-0.1, -0.05) is 12.1 Å². The number of sulfonamides is 1. The third-order valence-electron chi connectivity index (χ3n) is 3.13. The molecule has 0 spiro atoms. The molecule has 0 fully saturated rings. The minimum absolute atomic E-state index is 0.0454. The molecule has 0 heterocycles. The first kappa shape index (κ1) is 17.4. The second-order valence-electron chi connectivity index (χ2n) is 4.67. The van der Waals surface area contributed by atoms with Crippen molar-refractivity contribution in [3.05, 3.63) is 42.5 Å². The second kappa shape index (κ2) is 7.35. The number of amides is 1. The number of carbonyl (C=O) groups excluding carboxylic acids is 1. The Kier molecular flexibility index (Phi) is 6.07. The summed E-state index contributed by atoms with van der Waals surface area (Å²) in [6.07, 6.45) is 1.45. The van der Waals surface area contributed by atoms with E-state index in [1.54, 1.807) is 13.1 Å². The van der Waals surface area contributed by atoms with Gasteiger partial charge in [0.15, 0.2) is 0 Å². The predicted octanol–water partition coefficient (Wildman–Crippen LogP) is 0.570. The lowest BCUT2D eigenvalue weighted by atomic mass is 10.2. The molecule has 1 aromatic carbocycles. The lowest BCUT2D eigenvalue weighted by Gasteiger charge is -2.23. The highest BCUT2D eigenvalue weighted by molar-refractivity contribution is 7.89. The maximum atomic E-state index is 12.3. The van der Waals surface area contributed by atoms with Gasteiger partial charge < -0.3 is 10.6 Å². The number of nitrogens with two attached hydrogens (primary N) is 1. The number of likely N-dealkylation sites (N-methyl/N-ethyl adjacent to an activating group) is 1. The van der Waals surface area contributed by atoms with Crippen molar-refractivity contribution in [1.29, 1.82) is 0 Å². The van der Waals surface area contributed by atoms with Gasteiger partial charge in [-0.05, 0) is 25.1 Å². The van der Waals surface area contributed by atoms with Gasteiger partial charge in [0.1, 0.15) is 0 Å². The largest absolute Gasteiger partial charge is 0.338 e. The van der Waals surface area contributed by atoms with Gasteiger partial charge in [-0.15, -0.1) is 6.58 Å². The Hall–Kier alpha value is -1.70. The number of rotatable bonds is 7. The molecule has 1 aromatic rings. The first-order valence-electron chi connectivity index (χ1n) is 6.51. The van der Waals surface area contributed by atoms with Gasteiger partial charge in [0.25, 0.3) is 5.91 Å². The van der Waals surface area contributed by atoms with Gasteiger partial charge in [-0.3, -0.25) is 4.79 Å². The van der Waals surface area contributed by atoms with Gasteiger partial charge in [0.2, 0.25) is 10.0 Å². The summed E-state index contributed by atoms with van der Waals surface area (Å²) in [5.41, 5.74) is 5.84. The molecule has 3 N–H and O–H groups in total. The topological polar surface area (TPSA) is 92.5 Å². The summed E-state index contributed by atoms with van der Waals surface area (Å²) in [6, 6.07) is 5.78. The van der Waals surface area contributed by atoms with Crippen molar-refractivity contribution in [2.75, 3.05) is 20.1 Å². The van der Waals surface area contributed by atoms with Crippen LogP contribution in [-0.4, -0.2) is 45.4 Å². The van der Waals surface area contributed by atoms with Crippen LogP contribution >= 0.6 is 0 Å². The first-order chi connectivity index (χ1) is 9.83. The summed E-state index contributed by atoms with van der Waals surface area (Å²) >= 11 is 0. The van der Waals surface area contributed by atoms with Crippen LogP contribution in [0.3, 0.4) is 0 Å². The minimum Gasteiger partial charge on any atom is -0.338 e. The van der Waals surface area contributed by atoms with Crippen LogP contribution in [0.2, 0.25) is 0 Å². The second-order valence-corrected chi connectivity index (χ2v) is 6.44. The molecule has 116 valence electrons. The molecule has 0 aromatic heterocycles. The van der Waals surface area contributed by atoms with Crippen LogP contribution in [-0.2, 0) is 10.0 Å². The first-order valence-corrected chi connectivity index (χ1v) is 7.99. The number of hydrogen-bond donors (Lipinski definition) is 2. The summed E-state index contributed by atoms with van der Waals surface area (Å²) in [7, 11) is -2.01. The lowest BCUT2D eigenvalue weighted by Crippen LogP contribution is -2.39. The molecular weight excluding hydrogens is 290 g/mol. The van der Waals surface area contributed by atoms with Crippen LogP contribution in [0.4, 0.5) is 0 Å². The molecule has 0 saturated carbocycles. The van der Waals surface area contributed by atoms with Gasteiger partial charge in [-0.2, -0.15) is 0 Å². The van der Waals surface area contributed by atoms with E-state index in [1.807, 2.05) is 6.92 Å². The quantitative estimate of drug-likeness (QED) is 0.720. The highest BCUT2D eigenvalue weighted by Gasteiger charge is 2.19. The maximum Gasteiger partial charge on any atom is 0.253 e. The van der Waals surface area contributed by atoms with Crippen molar-refractivity contribution < 1.29 is 13.2 Å². The normalized spacial score (nSPS) is 12.7. The van der Waals surface area contributed by atoms with Gasteiger partial charge >= 0.3 is 0 Å². The van der Waals surface area contributed by atoms with Crippen molar-refractivity contribution in [3.8, 4) is 0 Å². The Balaban J connectivity index is 3.06. The van der Waals surface area contributed by atoms with E-state index in [0.717, 1.165) is 0 Å². The average molecular weight is 311 g/mol. The molecule has 1 amide bonds. The van der Waals surface area contributed by atoms with Crippen molar-refractivity contribution >= 4 is 15.9 Å². The third kappa shape index (κ3) is 4.38. The molecule has 0 aliphatic carbocycles. The highest BCUT2D eigenvalue weighted by Crippen LogP contribution is 2.13. The van der Waals surface area contributed by atoms with E-state index in [9.17, 15) is 13.2 Å². The fourth-order valence-corrected chi connectivity index (χ4v) is 2.65. The summed E-state index contributed by atoms with van der Waals surface area (Å²) < 4.78 is 26.4. The van der Waals surface area contributed by atoms with Crippen molar-refractivity contribution in [1.82, 2.24) is 9.62 Å². The Labute approximate surface area is 125 Å². The van der Waals surface area contributed by atoms with Gasteiger partial charge in [0, 0.05) is 31.7 Å². The zero-order valence-electron chi connectivity index (χ0n) is 12.2. The number of benzene rings is 1. The van der Waals surface area contributed by atoms with E-state index in [4.69, 9.17) is 5.73 Å². The fraction of sp³-hybridized carbons (Fsp3) is 0.357. The number of nitrogens with zero attached hydrogens (tertiary/aromatic N) is 1. The Morgan fingerprint density at radius 1 is 1.52 bits per heavy atom. The van der Waals surface area contributed by atoms with Crippen LogP contribution < -0.4 is 10.5 Å². The molecule has 0 saturated heterocycles. The summed E-state index contributed by atoms with van der Waals surface area (Å²) in [4.78, 5) is 13.8. The molecule has 21 heavy (non-hydrogen) atoms. The molecule has 1 rings (SSSR count). The van der Waals surface area contributed by atoms with Crippen LogP contribution in [0, 0.1) is 0 Å². The van der Waals surface area contributed by atoms with E-state index >= 15 is 0 Å². The summed E-state index contributed by atoms with van der Waals surface area (Å²) in [5.74, 6) is -0.270. The van der Waals surface area contributed by atoms with Gasteiger partial charge in [0.05, 0.1) is 4.90 Å². The standard InChI is InChI=1S/C14H21N3O3S/c1-4-8-16-21(19,20)13-7-5-6-12(9-13)14(18)17(3)11(2)10-15/h4-7,9,11,16H,1,8,10,15H2,2-3H3. The van der Waals surface area contributed by atoms with Crippen molar-refractivity contribution in [3.63, 3.8) is 0 Å². The third-order valence-corrected chi connectivity index (χ3v) is 4.55.